The fourth-order valence-corrected chi connectivity index (χ4v) is 1.96. The van der Waals surface area contributed by atoms with Crippen LogP contribution in [0.4, 0.5) is 18.9 Å². The lowest BCUT2D eigenvalue weighted by molar-refractivity contribution is 0.241. The molecule has 24 heavy (non-hydrogen) atoms. The summed E-state index contributed by atoms with van der Waals surface area (Å²) < 4.78 is 41.0. The van der Waals surface area contributed by atoms with Gasteiger partial charge in [0.1, 0.15) is 5.75 Å². The van der Waals surface area contributed by atoms with Crippen molar-refractivity contribution in [1.29, 1.82) is 0 Å². The van der Waals surface area contributed by atoms with E-state index in [1.165, 1.54) is 18.2 Å². The Morgan fingerprint density at radius 1 is 1.04 bits per heavy atom. The number of allylic oxidation sites excluding steroid dienone is 1. The van der Waals surface area contributed by atoms with Gasteiger partial charge in [-0.05, 0) is 47.9 Å². The summed E-state index contributed by atoms with van der Waals surface area (Å²) in [5.74, 6) is -0.0221. The van der Waals surface area contributed by atoms with Crippen molar-refractivity contribution in [1.82, 2.24) is 0 Å². The second-order valence-corrected chi connectivity index (χ2v) is 4.78. The summed E-state index contributed by atoms with van der Waals surface area (Å²) >= 11 is 0. The van der Waals surface area contributed by atoms with E-state index in [2.05, 4.69) is 9.73 Å². The number of nitrogens with zero attached hydrogens (tertiary/aromatic N) is 1. The highest BCUT2D eigenvalue weighted by Crippen LogP contribution is 2.23. The maximum atomic E-state index is 12.7. The molecule has 2 rings (SSSR count). The van der Waals surface area contributed by atoms with Crippen LogP contribution in [0.5, 0.6) is 5.75 Å². The van der Waals surface area contributed by atoms with Crippen LogP contribution < -0.4 is 4.74 Å². The van der Waals surface area contributed by atoms with Gasteiger partial charge in [0, 0.05) is 0 Å². The lowest BCUT2D eigenvalue weighted by Crippen LogP contribution is -1.90. The number of carbonyl (C=O) groups excluding carboxylic acids is 1. The molecule has 0 fully saturated rings. The van der Waals surface area contributed by atoms with Crippen molar-refractivity contribution < 1.29 is 22.7 Å². The Balaban J connectivity index is 2.15. The van der Waals surface area contributed by atoms with Crippen LogP contribution in [0.1, 0.15) is 18.1 Å². The Labute approximate surface area is 136 Å². The maximum Gasteiger partial charge on any atom is 0.344 e. The standard InChI is InChI=1S/C18H12F3NO2/c1-12(14-4-6-15(7-5-14)22-11-23)10-13-2-8-16(9-3-13)24-18(21)17(19)20/h2-10H,1H3/b12-10+. The van der Waals surface area contributed by atoms with E-state index in [-0.39, 0.29) is 5.75 Å². The summed E-state index contributed by atoms with van der Waals surface area (Å²) in [6.45, 7) is 1.89. The van der Waals surface area contributed by atoms with Crippen LogP contribution in [0, 0.1) is 0 Å². The zero-order valence-electron chi connectivity index (χ0n) is 12.6. The van der Waals surface area contributed by atoms with Crippen molar-refractivity contribution in [3.8, 4) is 5.75 Å². The highest BCUT2D eigenvalue weighted by molar-refractivity contribution is 5.80. The maximum absolute atomic E-state index is 12.7. The van der Waals surface area contributed by atoms with E-state index in [4.69, 9.17) is 0 Å². The van der Waals surface area contributed by atoms with Crippen LogP contribution in [0.25, 0.3) is 11.6 Å². The van der Waals surface area contributed by atoms with Crippen molar-refractivity contribution >= 4 is 23.4 Å². The van der Waals surface area contributed by atoms with E-state index < -0.39 is 12.1 Å². The first kappa shape index (κ1) is 17.2. The van der Waals surface area contributed by atoms with E-state index in [1.807, 2.05) is 25.1 Å². The van der Waals surface area contributed by atoms with Crippen molar-refractivity contribution in [2.24, 2.45) is 4.99 Å². The number of hydrogen-bond donors (Lipinski definition) is 0. The summed E-state index contributed by atoms with van der Waals surface area (Å²) in [5, 5.41) is 0. The van der Waals surface area contributed by atoms with Crippen LogP contribution in [0.15, 0.2) is 65.6 Å². The zero-order valence-corrected chi connectivity index (χ0v) is 12.6. The monoisotopic (exact) mass is 331 g/mol. The molecule has 0 radical (unpaired) electrons. The van der Waals surface area contributed by atoms with Crippen molar-refractivity contribution in [2.75, 3.05) is 0 Å². The Bertz CT molecular complexity index is 814. The summed E-state index contributed by atoms with van der Waals surface area (Å²) in [6.07, 6.45) is 0.832. The summed E-state index contributed by atoms with van der Waals surface area (Å²) in [4.78, 5) is 13.7. The minimum atomic E-state index is -2.50. The van der Waals surface area contributed by atoms with Gasteiger partial charge in [-0.1, -0.05) is 30.3 Å². The molecular formula is C18H12F3NO2. The molecule has 0 spiro atoms. The lowest BCUT2D eigenvalue weighted by atomic mass is 10.0. The molecule has 0 bridgehead atoms. The third-order valence-corrected chi connectivity index (χ3v) is 3.12. The first-order valence-corrected chi connectivity index (χ1v) is 6.85. The molecule has 0 unspecified atom stereocenters. The van der Waals surface area contributed by atoms with Crippen LogP contribution in [-0.2, 0) is 4.79 Å². The molecule has 6 heteroatoms. The molecule has 0 atom stereocenters. The molecule has 0 N–H and O–H groups in total. The minimum Gasteiger partial charge on any atom is -0.428 e. The molecule has 2 aromatic rings. The van der Waals surface area contributed by atoms with Gasteiger partial charge in [-0.25, -0.2) is 4.79 Å². The van der Waals surface area contributed by atoms with Gasteiger partial charge in [-0.3, -0.25) is 0 Å². The number of halogens is 3. The number of aliphatic imine (C=N–C) groups is 1. The first-order chi connectivity index (χ1) is 11.5. The van der Waals surface area contributed by atoms with Gasteiger partial charge in [-0.2, -0.15) is 18.2 Å². The SMILES string of the molecule is C/C(=C\c1ccc(OC(F)=C(F)F)cc1)c1ccc(N=C=O)cc1. The van der Waals surface area contributed by atoms with Crippen LogP contribution >= 0.6 is 0 Å². The summed E-state index contributed by atoms with van der Waals surface area (Å²) in [5.41, 5.74) is 3.16. The van der Waals surface area contributed by atoms with E-state index >= 15 is 0 Å². The van der Waals surface area contributed by atoms with Gasteiger partial charge < -0.3 is 4.74 Å². The molecule has 2 aromatic carbocycles. The van der Waals surface area contributed by atoms with Crippen LogP contribution in [-0.4, -0.2) is 6.08 Å². The topological polar surface area (TPSA) is 38.7 Å². The third-order valence-electron chi connectivity index (χ3n) is 3.12. The van der Waals surface area contributed by atoms with E-state index in [9.17, 15) is 18.0 Å². The number of hydrogen-bond acceptors (Lipinski definition) is 3. The molecular weight excluding hydrogens is 319 g/mol. The number of benzene rings is 2. The predicted octanol–water partition coefficient (Wildman–Crippen LogP) is 5.63. The molecule has 0 aliphatic rings. The third kappa shape index (κ3) is 4.69. The highest BCUT2D eigenvalue weighted by Gasteiger charge is 2.07. The van der Waals surface area contributed by atoms with Crippen LogP contribution in [0.3, 0.4) is 0 Å². The molecule has 0 amide bonds. The quantitative estimate of drug-likeness (QED) is 0.308. The Hall–Kier alpha value is -3.11. The average Bonchev–Trinajstić information content (AvgIpc) is 2.57. The number of rotatable bonds is 5. The van der Waals surface area contributed by atoms with Gasteiger partial charge in [0.2, 0.25) is 6.08 Å². The molecule has 0 aliphatic heterocycles. The van der Waals surface area contributed by atoms with Crippen LogP contribution in [0.2, 0.25) is 0 Å². The first-order valence-electron chi connectivity index (χ1n) is 6.85. The van der Waals surface area contributed by atoms with Gasteiger partial charge in [0.15, 0.2) is 0 Å². The average molecular weight is 331 g/mol. The highest BCUT2D eigenvalue weighted by atomic mass is 19.3. The van der Waals surface area contributed by atoms with Crippen molar-refractivity contribution in [2.45, 2.75) is 6.92 Å². The molecule has 0 heterocycles. The number of ether oxygens (including phenoxy) is 1. The zero-order chi connectivity index (χ0) is 17.5. The van der Waals surface area contributed by atoms with E-state index in [0.717, 1.165) is 16.7 Å². The summed E-state index contributed by atoms with van der Waals surface area (Å²) in [6, 6.07) is 11.1. The second kappa shape index (κ2) is 7.94. The van der Waals surface area contributed by atoms with E-state index in [0.29, 0.717) is 5.69 Å². The molecule has 0 aromatic heterocycles. The molecule has 3 nitrogen and oxygen atoms in total. The normalized spacial score (nSPS) is 10.8. The Kier molecular flexibility index (Phi) is 5.71. The minimum absolute atomic E-state index is 0.0221. The molecule has 122 valence electrons. The number of isocyanates is 1. The Morgan fingerprint density at radius 2 is 1.67 bits per heavy atom. The van der Waals surface area contributed by atoms with Gasteiger partial charge >= 0.3 is 12.1 Å². The smallest absolute Gasteiger partial charge is 0.344 e. The van der Waals surface area contributed by atoms with Gasteiger partial charge in [-0.15, -0.1) is 0 Å². The molecule has 0 aliphatic carbocycles. The van der Waals surface area contributed by atoms with Crippen molar-refractivity contribution in [3.05, 3.63) is 71.8 Å². The van der Waals surface area contributed by atoms with E-state index in [1.54, 1.807) is 24.3 Å². The summed E-state index contributed by atoms with van der Waals surface area (Å²) in [7, 11) is 0. The molecule has 0 saturated heterocycles. The van der Waals surface area contributed by atoms with Crippen molar-refractivity contribution in [3.63, 3.8) is 0 Å². The largest absolute Gasteiger partial charge is 0.428 e. The van der Waals surface area contributed by atoms with Gasteiger partial charge in [0.25, 0.3) is 0 Å². The van der Waals surface area contributed by atoms with Gasteiger partial charge in [0.05, 0.1) is 5.69 Å². The lowest BCUT2D eigenvalue weighted by Gasteiger charge is -2.04. The fraction of sp³-hybridized carbons (Fsp3) is 0.0556. The molecule has 0 saturated carbocycles. The Morgan fingerprint density at radius 3 is 2.21 bits per heavy atom. The fourth-order valence-electron chi connectivity index (χ4n) is 1.96. The predicted molar refractivity (Wildman–Crippen MR) is 85.2 cm³/mol. The second-order valence-electron chi connectivity index (χ2n) is 4.78.